The SMILES string of the molecule is O=C1COc2ccccc2N1C(=O)OBr. The molecule has 1 aromatic rings. The predicted octanol–water partition coefficient (Wildman–Crippen LogP) is 1.86. The molecule has 0 fully saturated rings. The highest BCUT2D eigenvalue weighted by molar-refractivity contribution is 9.06. The zero-order valence-corrected chi connectivity index (χ0v) is 9.06. The van der Waals surface area contributed by atoms with Crippen LogP contribution in [0.4, 0.5) is 10.5 Å². The number of carbonyl (C=O) groups is 2. The second-order valence-corrected chi connectivity index (χ2v) is 3.15. The van der Waals surface area contributed by atoms with Crippen LogP contribution < -0.4 is 9.64 Å². The lowest BCUT2D eigenvalue weighted by atomic mass is 10.2. The van der Waals surface area contributed by atoms with Gasteiger partial charge in [-0.3, -0.25) is 4.79 Å². The van der Waals surface area contributed by atoms with Crippen molar-refractivity contribution in [2.24, 2.45) is 0 Å². The number of ether oxygens (including phenoxy) is 1. The van der Waals surface area contributed by atoms with Crippen molar-refractivity contribution in [2.75, 3.05) is 11.5 Å². The van der Waals surface area contributed by atoms with Gasteiger partial charge in [0, 0.05) is 0 Å². The number of para-hydroxylation sites is 2. The molecule has 1 aliphatic heterocycles. The van der Waals surface area contributed by atoms with Gasteiger partial charge in [0.15, 0.2) is 22.9 Å². The molecule has 0 bridgehead atoms. The fourth-order valence-corrected chi connectivity index (χ4v) is 1.48. The molecule has 0 radical (unpaired) electrons. The number of hydrogen-bond acceptors (Lipinski definition) is 4. The summed E-state index contributed by atoms with van der Waals surface area (Å²) >= 11 is 2.55. The lowest BCUT2D eigenvalue weighted by molar-refractivity contribution is -0.120. The second kappa shape index (κ2) is 3.90. The number of halogens is 1. The van der Waals surface area contributed by atoms with Gasteiger partial charge < -0.3 is 8.57 Å². The van der Waals surface area contributed by atoms with E-state index >= 15 is 0 Å². The van der Waals surface area contributed by atoms with Crippen molar-refractivity contribution in [1.82, 2.24) is 0 Å². The zero-order chi connectivity index (χ0) is 10.8. The first kappa shape index (κ1) is 9.97. The van der Waals surface area contributed by atoms with Gasteiger partial charge in [0.05, 0.1) is 5.69 Å². The van der Waals surface area contributed by atoms with Crippen LogP contribution in [0.25, 0.3) is 0 Å². The number of hydrogen-bond donors (Lipinski definition) is 0. The van der Waals surface area contributed by atoms with Crippen LogP contribution in [0.5, 0.6) is 5.75 Å². The minimum absolute atomic E-state index is 0.168. The Kier molecular flexibility index (Phi) is 2.59. The summed E-state index contributed by atoms with van der Waals surface area (Å²) in [7, 11) is 0. The molecule has 0 saturated heterocycles. The van der Waals surface area contributed by atoms with E-state index in [1.165, 1.54) is 0 Å². The molecule has 0 aliphatic carbocycles. The normalized spacial score (nSPS) is 14.2. The number of fused-ring (bicyclic) bond motifs is 1. The summed E-state index contributed by atoms with van der Waals surface area (Å²) in [5, 5.41) is 0. The summed E-state index contributed by atoms with van der Waals surface area (Å²) in [6.45, 7) is -0.168. The summed E-state index contributed by atoms with van der Waals surface area (Å²) in [6.07, 6.45) is -0.782. The Balaban J connectivity index is 2.46. The van der Waals surface area contributed by atoms with Crippen LogP contribution >= 0.6 is 16.3 Å². The zero-order valence-electron chi connectivity index (χ0n) is 7.47. The van der Waals surface area contributed by atoms with E-state index in [0.29, 0.717) is 11.4 Å². The monoisotopic (exact) mass is 271 g/mol. The first-order valence-corrected chi connectivity index (χ1v) is 4.76. The number of imide groups is 1. The lowest BCUT2D eigenvalue weighted by Gasteiger charge is -2.25. The highest BCUT2D eigenvalue weighted by Gasteiger charge is 2.31. The summed E-state index contributed by atoms with van der Waals surface area (Å²) < 4.78 is 9.49. The molecule has 0 N–H and O–H groups in total. The highest BCUT2D eigenvalue weighted by Crippen LogP contribution is 2.31. The van der Waals surface area contributed by atoms with Gasteiger partial charge in [0.25, 0.3) is 5.91 Å². The first-order valence-electron chi connectivity index (χ1n) is 4.11. The van der Waals surface area contributed by atoms with Gasteiger partial charge in [-0.2, -0.15) is 0 Å². The third-order valence-corrected chi connectivity index (χ3v) is 2.23. The molecule has 1 aliphatic rings. The number of amides is 2. The highest BCUT2D eigenvalue weighted by atomic mass is 79.9. The number of nitrogens with zero attached hydrogens (tertiary/aromatic N) is 1. The van der Waals surface area contributed by atoms with Crippen molar-refractivity contribution < 1.29 is 18.2 Å². The van der Waals surface area contributed by atoms with Gasteiger partial charge in [-0.15, -0.1) is 0 Å². The Bertz CT molecular complexity index is 420. The molecule has 0 unspecified atom stereocenters. The third-order valence-electron chi connectivity index (χ3n) is 1.96. The van der Waals surface area contributed by atoms with Crippen LogP contribution in [0, 0.1) is 0 Å². The molecule has 6 heteroatoms. The van der Waals surface area contributed by atoms with Crippen molar-refractivity contribution in [2.45, 2.75) is 0 Å². The second-order valence-electron chi connectivity index (χ2n) is 2.83. The third kappa shape index (κ3) is 1.68. The minimum atomic E-state index is -0.782. The Morgan fingerprint density at radius 2 is 2.20 bits per heavy atom. The summed E-state index contributed by atoms with van der Waals surface area (Å²) in [5.41, 5.74) is 0.387. The van der Waals surface area contributed by atoms with Gasteiger partial charge in [-0.25, -0.2) is 9.69 Å². The van der Waals surface area contributed by atoms with E-state index in [1.54, 1.807) is 24.3 Å². The van der Waals surface area contributed by atoms with Crippen LogP contribution in [-0.4, -0.2) is 18.6 Å². The summed E-state index contributed by atoms with van der Waals surface area (Å²) in [5.74, 6) is 0.0214. The van der Waals surface area contributed by atoms with Gasteiger partial charge in [-0.1, -0.05) is 12.1 Å². The van der Waals surface area contributed by atoms with Crippen LogP contribution in [0.15, 0.2) is 24.3 Å². The molecule has 1 heterocycles. The quantitative estimate of drug-likeness (QED) is 0.723. The van der Waals surface area contributed by atoms with Crippen molar-refractivity contribution in [3.8, 4) is 5.75 Å². The van der Waals surface area contributed by atoms with E-state index in [-0.39, 0.29) is 6.61 Å². The molecule has 0 spiro atoms. The fraction of sp³-hybridized carbons (Fsp3) is 0.111. The van der Waals surface area contributed by atoms with E-state index in [1.807, 2.05) is 0 Å². The molecule has 2 amide bonds. The fourth-order valence-electron chi connectivity index (χ4n) is 1.34. The number of carbonyl (C=O) groups excluding carboxylic acids is 2. The van der Waals surface area contributed by atoms with Crippen LogP contribution in [-0.2, 0) is 8.62 Å². The maximum atomic E-state index is 11.4. The Hall–Kier alpha value is -1.56. The Morgan fingerprint density at radius 1 is 1.47 bits per heavy atom. The molecule has 1 aromatic carbocycles. The van der Waals surface area contributed by atoms with E-state index in [9.17, 15) is 9.59 Å². The van der Waals surface area contributed by atoms with Gasteiger partial charge >= 0.3 is 6.09 Å². The van der Waals surface area contributed by atoms with Crippen molar-refractivity contribution in [1.29, 1.82) is 0 Å². The topological polar surface area (TPSA) is 55.8 Å². The molecule has 2 rings (SSSR count). The van der Waals surface area contributed by atoms with E-state index < -0.39 is 12.0 Å². The van der Waals surface area contributed by atoms with Crippen LogP contribution in [0.1, 0.15) is 0 Å². The predicted molar refractivity (Wildman–Crippen MR) is 54.8 cm³/mol. The average Bonchev–Trinajstić information content (AvgIpc) is 2.28. The van der Waals surface area contributed by atoms with E-state index in [4.69, 9.17) is 4.74 Å². The molecule has 0 aromatic heterocycles. The molecule has 78 valence electrons. The van der Waals surface area contributed by atoms with Crippen LogP contribution in [0.2, 0.25) is 0 Å². The molecular formula is C9H6BrNO4. The molecule has 15 heavy (non-hydrogen) atoms. The maximum absolute atomic E-state index is 11.4. The largest absolute Gasteiger partial charge is 0.482 e. The number of anilines is 1. The van der Waals surface area contributed by atoms with E-state index in [0.717, 1.165) is 4.90 Å². The smallest absolute Gasteiger partial charge is 0.433 e. The molecule has 5 nitrogen and oxygen atoms in total. The number of rotatable bonds is 0. The summed E-state index contributed by atoms with van der Waals surface area (Å²) in [4.78, 5) is 23.7. The van der Waals surface area contributed by atoms with Gasteiger partial charge in [0.2, 0.25) is 0 Å². The standard InChI is InChI=1S/C9H6BrNO4/c10-15-9(13)11-6-3-1-2-4-7(6)14-5-8(11)12/h1-4H,5H2. The molecular weight excluding hydrogens is 266 g/mol. The van der Waals surface area contributed by atoms with Crippen molar-refractivity contribution >= 4 is 33.9 Å². The van der Waals surface area contributed by atoms with Crippen molar-refractivity contribution in [3.05, 3.63) is 24.3 Å². The average molecular weight is 272 g/mol. The first-order chi connectivity index (χ1) is 7.24. The lowest BCUT2D eigenvalue weighted by Crippen LogP contribution is -2.42. The maximum Gasteiger partial charge on any atom is 0.433 e. The van der Waals surface area contributed by atoms with Gasteiger partial charge in [-0.05, 0) is 12.1 Å². The number of benzene rings is 1. The van der Waals surface area contributed by atoms with E-state index in [2.05, 4.69) is 20.1 Å². The summed E-state index contributed by atoms with van der Waals surface area (Å²) in [6, 6.07) is 6.74. The van der Waals surface area contributed by atoms with Gasteiger partial charge in [0.1, 0.15) is 5.75 Å². The van der Waals surface area contributed by atoms with Crippen molar-refractivity contribution in [3.63, 3.8) is 0 Å². The Morgan fingerprint density at radius 3 is 2.93 bits per heavy atom. The minimum Gasteiger partial charge on any atom is -0.482 e. The molecule has 0 atom stereocenters. The Labute approximate surface area is 94.0 Å². The molecule has 0 saturated carbocycles. The van der Waals surface area contributed by atoms with Crippen LogP contribution in [0.3, 0.4) is 0 Å².